The van der Waals surface area contributed by atoms with Gasteiger partial charge in [-0.1, -0.05) is 11.6 Å². The van der Waals surface area contributed by atoms with Crippen molar-refractivity contribution >= 4 is 40.0 Å². The summed E-state index contributed by atoms with van der Waals surface area (Å²) in [6, 6.07) is 5.75. The lowest BCUT2D eigenvalue weighted by atomic mass is 9.91. The number of carbonyl (C=O) groups excluding carboxylic acids is 2. The molecule has 4 aromatic rings. The molecule has 0 bridgehead atoms. The van der Waals surface area contributed by atoms with Gasteiger partial charge in [-0.05, 0) is 49.4 Å². The first-order valence-corrected chi connectivity index (χ1v) is 11.3. The average Bonchev–Trinajstić information content (AvgIpc) is 3.27. The van der Waals surface area contributed by atoms with Gasteiger partial charge in [0.1, 0.15) is 17.2 Å². The van der Waals surface area contributed by atoms with Crippen LogP contribution in [0.1, 0.15) is 43.1 Å². The minimum atomic E-state index is -4.92. The number of hydrogen-bond donors (Lipinski definition) is 3. The molecule has 2 heterocycles. The zero-order chi connectivity index (χ0) is 27.7. The lowest BCUT2D eigenvalue weighted by molar-refractivity contribution is -0.137. The molecule has 1 aliphatic heterocycles. The SMILES string of the molecule is Cc1c2cc(NC(=O)c3cc(F)cc(C(F)(F)F)c3)c3c(c2nn1C)C(=O)NC3(O)c1cc(F)ccc1Cl. The molecule has 0 saturated heterocycles. The summed E-state index contributed by atoms with van der Waals surface area (Å²) in [5.74, 6) is -4.08. The number of benzene rings is 3. The van der Waals surface area contributed by atoms with E-state index >= 15 is 0 Å². The smallest absolute Gasteiger partial charge is 0.363 e. The first kappa shape index (κ1) is 25.6. The summed E-state index contributed by atoms with van der Waals surface area (Å²) < 4.78 is 69.2. The summed E-state index contributed by atoms with van der Waals surface area (Å²) >= 11 is 6.23. The monoisotopic (exact) mass is 550 g/mol. The van der Waals surface area contributed by atoms with Crippen LogP contribution in [0.25, 0.3) is 10.9 Å². The average molecular weight is 551 g/mol. The van der Waals surface area contributed by atoms with Crippen LogP contribution in [0.4, 0.5) is 27.6 Å². The lowest BCUT2D eigenvalue weighted by Crippen LogP contribution is -2.41. The second-order valence-electron chi connectivity index (χ2n) is 8.75. The molecule has 1 atom stereocenters. The minimum absolute atomic E-state index is 0.128. The van der Waals surface area contributed by atoms with Gasteiger partial charge in [0.15, 0.2) is 5.72 Å². The summed E-state index contributed by atoms with van der Waals surface area (Å²) in [6.45, 7) is 1.66. The van der Waals surface area contributed by atoms with Crippen molar-refractivity contribution in [2.45, 2.75) is 18.8 Å². The Kier molecular flexibility index (Phi) is 5.73. The Hall–Kier alpha value is -4.03. The molecule has 5 rings (SSSR count). The molecule has 3 aromatic carbocycles. The molecule has 1 aliphatic rings. The Labute approximate surface area is 215 Å². The third-order valence-corrected chi connectivity index (χ3v) is 6.69. The van der Waals surface area contributed by atoms with Gasteiger partial charge in [-0.2, -0.15) is 18.3 Å². The number of aryl methyl sites for hydroxylation is 2. The number of hydrogen-bond acceptors (Lipinski definition) is 4. The van der Waals surface area contributed by atoms with Crippen LogP contribution < -0.4 is 10.6 Å². The molecular weight excluding hydrogens is 535 g/mol. The molecule has 0 radical (unpaired) electrons. The van der Waals surface area contributed by atoms with E-state index in [2.05, 4.69) is 15.7 Å². The number of halogens is 6. The van der Waals surface area contributed by atoms with Crippen LogP contribution in [0.2, 0.25) is 5.02 Å². The van der Waals surface area contributed by atoms with Crippen LogP contribution in [0.3, 0.4) is 0 Å². The van der Waals surface area contributed by atoms with Crippen molar-refractivity contribution in [2.24, 2.45) is 7.05 Å². The van der Waals surface area contributed by atoms with Gasteiger partial charge >= 0.3 is 6.18 Å². The van der Waals surface area contributed by atoms with Crippen molar-refractivity contribution in [2.75, 3.05) is 5.32 Å². The molecule has 1 aromatic heterocycles. The Morgan fingerprint density at radius 3 is 2.53 bits per heavy atom. The van der Waals surface area contributed by atoms with Crippen LogP contribution in [0.15, 0.2) is 42.5 Å². The maximum atomic E-state index is 14.2. The van der Waals surface area contributed by atoms with Crippen LogP contribution in [-0.2, 0) is 18.9 Å². The van der Waals surface area contributed by atoms with Crippen molar-refractivity contribution in [3.8, 4) is 0 Å². The molecule has 2 amide bonds. The van der Waals surface area contributed by atoms with Gasteiger partial charge in [0, 0.05) is 39.8 Å². The molecule has 0 fully saturated rings. The van der Waals surface area contributed by atoms with E-state index in [4.69, 9.17) is 11.6 Å². The Morgan fingerprint density at radius 2 is 1.84 bits per heavy atom. The van der Waals surface area contributed by atoms with E-state index in [0.717, 1.165) is 18.2 Å². The van der Waals surface area contributed by atoms with Gasteiger partial charge in [-0.3, -0.25) is 14.3 Å². The number of fused-ring (bicyclic) bond motifs is 3. The van der Waals surface area contributed by atoms with Gasteiger partial charge < -0.3 is 15.7 Å². The first-order valence-electron chi connectivity index (χ1n) is 10.9. The van der Waals surface area contributed by atoms with Crippen molar-refractivity contribution in [1.82, 2.24) is 15.1 Å². The summed E-state index contributed by atoms with van der Waals surface area (Å²) in [5, 5.41) is 21.0. The maximum Gasteiger partial charge on any atom is 0.416 e. The molecular formula is C25H16ClF5N4O3. The molecule has 0 aliphatic carbocycles. The van der Waals surface area contributed by atoms with Crippen molar-refractivity contribution in [3.05, 3.63) is 92.6 Å². The van der Waals surface area contributed by atoms with E-state index in [-0.39, 0.29) is 39.0 Å². The number of aliphatic hydroxyl groups is 1. The second kappa shape index (κ2) is 8.50. The van der Waals surface area contributed by atoms with E-state index in [9.17, 15) is 36.6 Å². The van der Waals surface area contributed by atoms with Gasteiger partial charge in [-0.25, -0.2) is 8.78 Å². The summed E-state index contributed by atoms with van der Waals surface area (Å²) in [4.78, 5) is 26.2. The predicted molar refractivity (Wildman–Crippen MR) is 127 cm³/mol. The van der Waals surface area contributed by atoms with E-state index in [1.54, 1.807) is 14.0 Å². The number of nitrogens with zero attached hydrogens (tertiary/aromatic N) is 2. The van der Waals surface area contributed by atoms with Gasteiger partial charge in [0.2, 0.25) is 0 Å². The number of carbonyl (C=O) groups is 2. The zero-order valence-corrected chi connectivity index (χ0v) is 20.2. The number of rotatable bonds is 3. The molecule has 13 heteroatoms. The van der Waals surface area contributed by atoms with Crippen molar-refractivity contribution < 1.29 is 36.6 Å². The lowest BCUT2D eigenvalue weighted by Gasteiger charge is -2.27. The molecule has 0 saturated carbocycles. The summed E-state index contributed by atoms with van der Waals surface area (Å²) in [5.41, 5.74) is -4.73. The maximum absolute atomic E-state index is 14.2. The number of anilines is 1. The minimum Gasteiger partial charge on any atom is -0.363 e. The van der Waals surface area contributed by atoms with Gasteiger partial charge in [0.25, 0.3) is 11.8 Å². The van der Waals surface area contributed by atoms with Gasteiger partial charge in [-0.15, -0.1) is 0 Å². The number of alkyl halides is 3. The van der Waals surface area contributed by atoms with E-state index in [1.165, 1.54) is 10.7 Å². The van der Waals surface area contributed by atoms with E-state index in [1.807, 2.05) is 0 Å². The highest BCUT2D eigenvalue weighted by atomic mass is 35.5. The molecule has 38 heavy (non-hydrogen) atoms. The Bertz CT molecular complexity index is 1680. The fourth-order valence-corrected chi connectivity index (χ4v) is 4.75. The van der Waals surface area contributed by atoms with Crippen molar-refractivity contribution in [3.63, 3.8) is 0 Å². The molecule has 1 unspecified atom stereocenters. The number of aromatic nitrogens is 2. The van der Waals surface area contributed by atoms with Crippen LogP contribution >= 0.6 is 11.6 Å². The standard InChI is InChI=1S/C25H16ClF5N4O3/c1-10-15-9-18(32-22(36)11-5-12(25(29,30)31)7-14(28)6-11)20-19(21(15)34-35(10)2)23(37)33-24(20,38)16-8-13(27)3-4-17(16)26/h3-9,38H,1-2H3,(H,32,36)(H,33,37). The van der Waals surface area contributed by atoms with E-state index < -0.39 is 46.5 Å². The van der Waals surface area contributed by atoms with Gasteiger partial charge in [0.05, 0.1) is 16.8 Å². The summed E-state index contributed by atoms with van der Waals surface area (Å²) in [6.07, 6.45) is -4.92. The highest BCUT2D eigenvalue weighted by molar-refractivity contribution is 6.31. The third-order valence-electron chi connectivity index (χ3n) is 6.36. The Balaban J connectivity index is 1.74. The highest BCUT2D eigenvalue weighted by Crippen LogP contribution is 2.45. The first-order chi connectivity index (χ1) is 17.7. The van der Waals surface area contributed by atoms with Crippen LogP contribution in [-0.4, -0.2) is 26.7 Å². The van der Waals surface area contributed by atoms with Crippen LogP contribution in [0.5, 0.6) is 0 Å². The summed E-state index contributed by atoms with van der Waals surface area (Å²) in [7, 11) is 1.59. The van der Waals surface area contributed by atoms with E-state index in [0.29, 0.717) is 23.2 Å². The normalized spacial score (nSPS) is 17.0. The van der Waals surface area contributed by atoms with Crippen molar-refractivity contribution in [1.29, 1.82) is 0 Å². The number of nitrogens with one attached hydrogen (secondary N) is 2. The molecule has 196 valence electrons. The van der Waals surface area contributed by atoms with Crippen LogP contribution in [0, 0.1) is 18.6 Å². The molecule has 7 nitrogen and oxygen atoms in total. The highest BCUT2D eigenvalue weighted by Gasteiger charge is 2.48. The zero-order valence-electron chi connectivity index (χ0n) is 19.5. The second-order valence-corrected chi connectivity index (χ2v) is 9.16. The predicted octanol–water partition coefficient (Wildman–Crippen LogP) is 5.02. The molecule has 3 N–H and O–H groups in total. The number of amides is 2. The topological polar surface area (TPSA) is 96.2 Å². The molecule has 0 spiro atoms. The largest absolute Gasteiger partial charge is 0.416 e. The Morgan fingerprint density at radius 1 is 1.13 bits per heavy atom. The quantitative estimate of drug-likeness (QED) is 0.312. The fraction of sp³-hybridized carbons (Fsp3) is 0.160. The fourth-order valence-electron chi connectivity index (χ4n) is 4.49. The third kappa shape index (κ3) is 3.96.